The van der Waals surface area contributed by atoms with Crippen LogP contribution in [0.2, 0.25) is 0 Å². The zero-order valence-corrected chi connectivity index (χ0v) is 6.98. The second-order valence-electron chi connectivity index (χ2n) is 2.53. The minimum atomic E-state index is -0.287. The van der Waals surface area contributed by atoms with Gasteiger partial charge in [-0.25, -0.2) is 4.68 Å². The SMILES string of the molecule is CN(C)n1cccc(C#N)c1=O. The monoisotopic (exact) mass is 163 g/mol. The Morgan fingerprint density at radius 3 is 2.75 bits per heavy atom. The minimum absolute atomic E-state index is 0.159. The number of rotatable bonds is 1. The Morgan fingerprint density at radius 1 is 1.58 bits per heavy atom. The normalized spacial score (nSPS) is 9.08. The third-order valence-corrected chi connectivity index (χ3v) is 1.48. The Kier molecular flexibility index (Phi) is 2.15. The van der Waals surface area contributed by atoms with Crippen molar-refractivity contribution in [3.05, 3.63) is 34.2 Å². The highest BCUT2D eigenvalue weighted by Gasteiger charge is 2.01. The number of aromatic nitrogens is 1. The van der Waals surface area contributed by atoms with E-state index >= 15 is 0 Å². The van der Waals surface area contributed by atoms with Crippen molar-refractivity contribution in [1.82, 2.24) is 4.68 Å². The number of nitriles is 1. The van der Waals surface area contributed by atoms with Crippen LogP contribution in [0.1, 0.15) is 5.56 Å². The Morgan fingerprint density at radius 2 is 2.25 bits per heavy atom. The molecule has 0 bridgehead atoms. The maximum absolute atomic E-state index is 11.3. The van der Waals surface area contributed by atoms with Gasteiger partial charge in [-0.15, -0.1) is 0 Å². The maximum Gasteiger partial charge on any atom is 0.286 e. The van der Waals surface area contributed by atoms with Gasteiger partial charge in [0, 0.05) is 20.3 Å². The minimum Gasteiger partial charge on any atom is -0.316 e. The molecule has 1 aromatic rings. The predicted octanol–water partition coefficient (Wildman–Crippen LogP) is -0.0824. The molecule has 0 radical (unpaired) electrons. The first-order valence-corrected chi connectivity index (χ1v) is 3.46. The zero-order chi connectivity index (χ0) is 9.14. The highest BCUT2D eigenvalue weighted by atomic mass is 16.1. The van der Waals surface area contributed by atoms with E-state index in [1.807, 2.05) is 6.07 Å². The van der Waals surface area contributed by atoms with Crippen LogP contribution in [0.15, 0.2) is 23.1 Å². The first kappa shape index (κ1) is 8.34. The van der Waals surface area contributed by atoms with Gasteiger partial charge in [-0.2, -0.15) is 5.26 Å². The van der Waals surface area contributed by atoms with E-state index in [0.29, 0.717) is 0 Å². The molecule has 0 aliphatic heterocycles. The van der Waals surface area contributed by atoms with E-state index in [1.165, 1.54) is 10.7 Å². The van der Waals surface area contributed by atoms with E-state index in [1.54, 1.807) is 31.4 Å². The molecule has 0 spiro atoms. The summed E-state index contributed by atoms with van der Waals surface area (Å²) in [5, 5.41) is 10.2. The highest BCUT2D eigenvalue weighted by molar-refractivity contribution is 5.25. The van der Waals surface area contributed by atoms with Crippen LogP contribution in [0.3, 0.4) is 0 Å². The Labute approximate surface area is 70.2 Å². The van der Waals surface area contributed by atoms with Crippen LogP contribution in [-0.4, -0.2) is 18.8 Å². The Hall–Kier alpha value is -1.76. The molecule has 0 N–H and O–H groups in total. The van der Waals surface area contributed by atoms with Crippen LogP contribution < -0.4 is 10.6 Å². The lowest BCUT2D eigenvalue weighted by Crippen LogP contribution is -2.36. The second kappa shape index (κ2) is 3.09. The molecule has 0 aliphatic carbocycles. The smallest absolute Gasteiger partial charge is 0.286 e. The van der Waals surface area contributed by atoms with Crippen LogP contribution in [-0.2, 0) is 0 Å². The summed E-state index contributed by atoms with van der Waals surface area (Å²) in [4.78, 5) is 11.3. The van der Waals surface area contributed by atoms with Gasteiger partial charge in [0.25, 0.3) is 5.56 Å². The van der Waals surface area contributed by atoms with Crippen molar-refractivity contribution in [3.8, 4) is 6.07 Å². The molecule has 0 atom stereocenters. The number of pyridine rings is 1. The first-order valence-electron chi connectivity index (χ1n) is 3.46. The summed E-state index contributed by atoms with van der Waals surface area (Å²) in [7, 11) is 3.48. The van der Waals surface area contributed by atoms with Gasteiger partial charge >= 0.3 is 0 Å². The molecular formula is C8H9N3O. The predicted molar refractivity (Wildman–Crippen MR) is 45.5 cm³/mol. The topological polar surface area (TPSA) is 49.0 Å². The highest BCUT2D eigenvalue weighted by Crippen LogP contribution is 1.88. The third kappa shape index (κ3) is 1.30. The van der Waals surface area contributed by atoms with Gasteiger partial charge in [0.2, 0.25) is 0 Å². The van der Waals surface area contributed by atoms with Gasteiger partial charge in [-0.3, -0.25) is 4.79 Å². The molecular weight excluding hydrogens is 154 g/mol. The van der Waals surface area contributed by atoms with Gasteiger partial charge in [0.15, 0.2) is 0 Å². The summed E-state index contributed by atoms with van der Waals surface area (Å²) < 4.78 is 1.37. The van der Waals surface area contributed by atoms with Crippen molar-refractivity contribution in [1.29, 1.82) is 5.26 Å². The average molecular weight is 163 g/mol. The van der Waals surface area contributed by atoms with Crippen molar-refractivity contribution < 1.29 is 0 Å². The van der Waals surface area contributed by atoms with Crippen molar-refractivity contribution in [2.24, 2.45) is 0 Å². The molecule has 0 aliphatic rings. The van der Waals surface area contributed by atoms with Crippen LogP contribution in [0, 0.1) is 11.3 Å². The molecule has 0 aromatic carbocycles. The van der Waals surface area contributed by atoms with E-state index < -0.39 is 0 Å². The van der Waals surface area contributed by atoms with E-state index in [4.69, 9.17) is 5.26 Å². The molecule has 1 aromatic heterocycles. The third-order valence-electron chi connectivity index (χ3n) is 1.48. The van der Waals surface area contributed by atoms with Gasteiger partial charge in [0.1, 0.15) is 11.6 Å². The molecule has 4 nitrogen and oxygen atoms in total. The lowest BCUT2D eigenvalue weighted by molar-refractivity contribution is 0.698. The maximum atomic E-state index is 11.3. The van der Waals surface area contributed by atoms with Gasteiger partial charge in [-0.05, 0) is 12.1 Å². The van der Waals surface area contributed by atoms with Gasteiger partial charge < -0.3 is 5.01 Å². The number of hydrogen-bond acceptors (Lipinski definition) is 3. The standard InChI is InChI=1S/C8H9N3O/c1-10(2)11-5-3-4-7(6-9)8(11)12/h3-5H,1-2H3. The van der Waals surface area contributed by atoms with Crippen LogP contribution in [0.5, 0.6) is 0 Å². The van der Waals surface area contributed by atoms with E-state index in [2.05, 4.69) is 0 Å². The molecule has 1 rings (SSSR count). The molecule has 4 heteroatoms. The zero-order valence-electron chi connectivity index (χ0n) is 6.98. The van der Waals surface area contributed by atoms with E-state index in [9.17, 15) is 4.79 Å². The van der Waals surface area contributed by atoms with Crippen LogP contribution >= 0.6 is 0 Å². The summed E-state index contributed by atoms with van der Waals surface area (Å²) in [6, 6.07) is 5.00. The first-order chi connectivity index (χ1) is 5.66. The molecule has 0 fully saturated rings. The van der Waals surface area contributed by atoms with Crippen molar-refractivity contribution >= 4 is 0 Å². The number of nitrogens with zero attached hydrogens (tertiary/aromatic N) is 3. The molecule has 1 heterocycles. The number of hydrogen-bond donors (Lipinski definition) is 0. The Bertz CT molecular complexity index is 373. The van der Waals surface area contributed by atoms with E-state index in [-0.39, 0.29) is 11.1 Å². The summed E-state index contributed by atoms with van der Waals surface area (Å²) >= 11 is 0. The van der Waals surface area contributed by atoms with Gasteiger partial charge in [0.05, 0.1) is 0 Å². The van der Waals surface area contributed by atoms with E-state index in [0.717, 1.165) is 0 Å². The van der Waals surface area contributed by atoms with Crippen molar-refractivity contribution in [2.45, 2.75) is 0 Å². The average Bonchev–Trinajstić information content (AvgIpc) is 2.04. The fraction of sp³-hybridized carbons (Fsp3) is 0.250. The summed E-state index contributed by atoms with van der Waals surface area (Å²) in [6.45, 7) is 0. The Balaban J connectivity index is 3.36. The van der Waals surface area contributed by atoms with Gasteiger partial charge in [-0.1, -0.05) is 0 Å². The largest absolute Gasteiger partial charge is 0.316 e. The van der Waals surface area contributed by atoms with Crippen LogP contribution in [0.4, 0.5) is 0 Å². The lowest BCUT2D eigenvalue weighted by atomic mass is 10.3. The quantitative estimate of drug-likeness (QED) is 0.581. The summed E-state index contributed by atoms with van der Waals surface area (Å²) in [6.07, 6.45) is 1.61. The van der Waals surface area contributed by atoms with Crippen molar-refractivity contribution in [2.75, 3.05) is 19.1 Å². The van der Waals surface area contributed by atoms with Crippen LogP contribution in [0.25, 0.3) is 0 Å². The fourth-order valence-electron chi connectivity index (χ4n) is 0.883. The summed E-state index contributed by atoms with van der Waals surface area (Å²) in [5.74, 6) is 0. The molecule has 12 heavy (non-hydrogen) atoms. The second-order valence-corrected chi connectivity index (χ2v) is 2.53. The lowest BCUT2D eigenvalue weighted by Gasteiger charge is -2.14. The summed E-state index contributed by atoms with van der Waals surface area (Å²) in [5.41, 5.74) is -0.129. The molecule has 0 amide bonds. The molecule has 0 saturated carbocycles. The molecule has 0 saturated heterocycles. The molecule has 62 valence electrons. The fourth-order valence-corrected chi connectivity index (χ4v) is 0.883. The molecule has 0 unspecified atom stereocenters. The van der Waals surface area contributed by atoms with Crippen molar-refractivity contribution in [3.63, 3.8) is 0 Å².